The molecule has 194 valence electrons. The molecule has 0 radical (unpaired) electrons. The molecular weight excluding hydrogens is 486 g/mol. The molecule has 2 aromatic carbocycles. The first-order chi connectivity index (χ1) is 17.9. The van der Waals surface area contributed by atoms with Gasteiger partial charge in [-0.2, -0.15) is 4.68 Å². The maximum absolute atomic E-state index is 14.3. The van der Waals surface area contributed by atoms with Crippen molar-refractivity contribution in [2.24, 2.45) is 0 Å². The number of halogens is 2. The Morgan fingerprint density at radius 1 is 0.919 bits per heavy atom. The predicted octanol–water partition coefficient (Wildman–Crippen LogP) is 3.57. The number of para-hydroxylation sites is 1. The number of carbonyl (C=O) groups is 2. The minimum absolute atomic E-state index is 0.215. The number of aromatic nitrogens is 4. The highest BCUT2D eigenvalue weighted by Crippen LogP contribution is 2.31. The molecule has 1 N–H and O–H groups in total. The molecular formula is C25H26F2N6O4. The first-order valence-electron chi connectivity index (χ1n) is 12.3. The summed E-state index contributed by atoms with van der Waals surface area (Å²) in [4.78, 5) is 41.6. The highest BCUT2D eigenvalue weighted by molar-refractivity contribution is 5.93. The number of amides is 1. The van der Waals surface area contributed by atoms with Gasteiger partial charge in [0.05, 0.1) is 0 Å². The quantitative estimate of drug-likeness (QED) is 0.520. The molecule has 10 nitrogen and oxygen atoms in total. The highest BCUT2D eigenvalue weighted by Gasteiger charge is 2.33. The number of carboxylic acids is 1. The molecule has 0 bridgehead atoms. The van der Waals surface area contributed by atoms with E-state index < -0.39 is 41.1 Å². The van der Waals surface area contributed by atoms with Crippen molar-refractivity contribution >= 4 is 23.4 Å². The van der Waals surface area contributed by atoms with Crippen LogP contribution in [0.4, 0.5) is 25.0 Å². The average molecular weight is 513 g/mol. The van der Waals surface area contributed by atoms with Crippen molar-refractivity contribution in [1.29, 1.82) is 0 Å². The second-order valence-electron chi connectivity index (χ2n) is 9.31. The lowest BCUT2D eigenvalue weighted by Crippen LogP contribution is -2.47. The van der Waals surface area contributed by atoms with E-state index in [2.05, 4.69) is 10.4 Å². The van der Waals surface area contributed by atoms with Crippen LogP contribution in [-0.4, -0.2) is 55.5 Å². The SMILES string of the molecule is O=C(O)[C@@H]1CCCN1c1ccc(N(C(=O)n2nnn(-c3c(F)cccc3F)c2=O)C2CCCCC2)cc1. The van der Waals surface area contributed by atoms with Gasteiger partial charge in [-0.1, -0.05) is 25.3 Å². The normalized spacial score (nSPS) is 18.2. The maximum Gasteiger partial charge on any atom is 0.377 e. The number of rotatable bonds is 5. The van der Waals surface area contributed by atoms with Crippen LogP contribution in [0.25, 0.3) is 5.69 Å². The number of carboxylic acid groups (broad SMARTS) is 1. The van der Waals surface area contributed by atoms with Gasteiger partial charge in [-0.05, 0) is 72.5 Å². The Hall–Kier alpha value is -4.09. The van der Waals surface area contributed by atoms with E-state index in [9.17, 15) is 28.3 Å². The van der Waals surface area contributed by atoms with Crippen LogP contribution in [0.2, 0.25) is 0 Å². The van der Waals surface area contributed by atoms with Crippen LogP contribution in [0, 0.1) is 11.6 Å². The van der Waals surface area contributed by atoms with Crippen LogP contribution in [-0.2, 0) is 4.79 Å². The van der Waals surface area contributed by atoms with E-state index in [1.165, 1.54) is 4.90 Å². The van der Waals surface area contributed by atoms with Crippen molar-refractivity contribution in [2.45, 2.75) is 57.0 Å². The van der Waals surface area contributed by atoms with Crippen LogP contribution < -0.4 is 15.5 Å². The molecule has 1 saturated heterocycles. The number of carbonyl (C=O) groups excluding carboxylic acids is 1. The third-order valence-corrected chi connectivity index (χ3v) is 7.06. The number of aliphatic carboxylic acids is 1. The standard InChI is InChI=1S/C25H26F2N6O4/c26-19-8-4-9-20(27)22(19)32-25(37)33(29-28-32)24(36)31(17-6-2-1-3-7-17)18-13-11-16(12-14-18)30-15-5-10-21(30)23(34)35/h4,8-9,11-14,17,21H,1-3,5-7,10,15H2,(H,34,35)/t21-/m0/s1. The summed E-state index contributed by atoms with van der Waals surface area (Å²) in [6.45, 7) is 0.618. The Balaban J connectivity index is 1.49. The van der Waals surface area contributed by atoms with Crippen molar-refractivity contribution in [3.8, 4) is 5.69 Å². The zero-order chi connectivity index (χ0) is 26.1. The Labute approximate surface area is 210 Å². The molecule has 2 fully saturated rings. The molecule has 1 saturated carbocycles. The molecule has 37 heavy (non-hydrogen) atoms. The van der Waals surface area contributed by atoms with Gasteiger partial charge in [0.15, 0.2) is 11.6 Å². The molecule has 1 atom stereocenters. The summed E-state index contributed by atoms with van der Waals surface area (Å²) in [7, 11) is 0. The fraction of sp³-hybridized carbons (Fsp3) is 0.400. The van der Waals surface area contributed by atoms with E-state index >= 15 is 0 Å². The lowest BCUT2D eigenvalue weighted by Gasteiger charge is -2.34. The lowest BCUT2D eigenvalue weighted by atomic mass is 9.94. The van der Waals surface area contributed by atoms with Gasteiger partial charge in [0.25, 0.3) is 0 Å². The molecule has 3 aromatic rings. The second kappa shape index (κ2) is 10.1. The fourth-order valence-electron chi connectivity index (χ4n) is 5.25. The third-order valence-electron chi connectivity index (χ3n) is 7.06. The van der Waals surface area contributed by atoms with E-state index in [4.69, 9.17) is 0 Å². The van der Waals surface area contributed by atoms with Gasteiger partial charge in [0.2, 0.25) is 0 Å². The van der Waals surface area contributed by atoms with Gasteiger partial charge < -0.3 is 10.0 Å². The third kappa shape index (κ3) is 4.58. The Morgan fingerprint density at radius 2 is 1.59 bits per heavy atom. The number of benzene rings is 2. The van der Waals surface area contributed by atoms with Crippen LogP contribution in [0.5, 0.6) is 0 Å². The van der Waals surface area contributed by atoms with E-state index in [0.29, 0.717) is 40.9 Å². The van der Waals surface area contributed by atoms with E-state index in [1.807, 2.05) is 4.90 Å². The highest BCUT2D eigenvalue weighted by atomic mass is 19.1. The number of anilines is 2. The summed E-state index contributed by atoms with van der Waals surface area (Å²) < 4.78 is 29.5. The molecule has 2 heterocycles. The molecule has 2 aliphatic rings. The van der Waals surface area contributed by atoms with Crippen LogP contribution in [0.3, 0.4) is 0 Å². The maximum atomic E-state index is 14.3. The summed E-state index contributed by atoms with van der Waals surface area (Å²) in [5.74, 6) is -2.90. The molecule has 5 rings (SSSR count). The average Bonchev–Trinajstić information content (AvgIpc) is 3.53. The molecule has 1 amide bonds. The first-order valence-corrected chi connectivity index (χ1v) is 12.3. The van der Waals surface area contributed by atoms with Crippen LogP contribution >= 0.6 is 0 Å². The second-order valence-corrected chi connectivity index (χ2v) is 9.31. The van der Waals surface area contributed by atoms with Gasteiger partial charge in [-0.15, -0.1) is 4.68 Å². The number of hydrogen-bond donors (Lipinski definition) is 1. The number of nitrogens with zero attached hydrogens (tertiary/aromatic N) is 6. The Morgan fingerprint density at radius 3 is 2.24 bits per heavy atom. The lowest BCUT2D eigenvalue weighted by molar-refractivity contribution is -0.138. The topological polar surface area (TPSA) is 114 Å². The smallest absolute Gasteiger partial charge is 0.377 e. The summed E-state index contributed by atoms with van der Waals surface area (Å²) >= 11 is 0. The predicted molar refractivity (Wildman–Crippen MR) is 130 cm³/mol. The van der Waals surface area contributed by atoms with Crippen LogP contribution in [0.15, 0.2) is 47.3 Å². The molecule has 1 aliphatic carbocycles. The number of hydrogen-bond acceptors (Lipinski definition) is 6. The zero-order valence-electron chi connectivity index (χ0n) is 20.0. The van der Waals surface area contributed by atoms with E-state index in [1.54, 1.807) is 24.3 Å². The van der Waals surface area contributed by atoms with Gasteiger partial charge in [0, 0.05) is 24.0 Å². The molecule has 0 unspecified atom stereocenters. The number of tetrazole rings is 1. The van der Waals surface area contributed by atoms with Crippen molar-refractivity contribution in [3.63, 3.8) is 0 Å². The van der Waals surface area contributed by atoms with Crippen molar-refractivity contribution in [1.82, 2.24) is 19.8 Å². The van der Waals surface area contributed by atoms with E-state index in [-0.39, 0.29) is 6.04 Å². The van der Waals surface area contributed by atoms with Crippen LogP contribution in [0.1, 0.15) is 44.9 Å². The summed E-state index contributed by atoms with van der Waals surface area (Å²) in [5, 5.41) is 16.7. The summed E-state index contributed by atoms with van der Waals surface area (Å²) in [6.07, 6.45) is 5.60. The fourth-order valence-corrected chi connectivity index (χ4v) is 5.25. The Kier molecular flexibility index (Phi) is 6.72. The minimum Gasteiger partial charge on any atom is -0.480 e. The Bertz CT molecular complexity index is 1350. The van der Waals surface area contributed by atoms with E-state index in [0.717, 1.165) is 49.6 Å². The van der Waals surface area contributed by atoms with Gasteiger partial charge in [-0.25, -0.2) is 23.2 Å². The van der Waals surface area contributed by atoms with Crippen molar-refractivity contribution < 1.29 is 23.5 Å². The largest absolute Gasteiger partial charge is 0.480 e. The van der Waals surface area contributed by atoms with Crippen molar-refractivity contribution in [3.05, 3.63) is 64.6 Å². The molecule has 1 aromatic heterocycles. The first kappa shape index (κ1) is 24.6. The molecule has 1 aliphatic heterocycles. The monoisotopic (exact) mass is 512 g/mol. The minimum atomic E-state index is -1.09. The van der Waals surface area contributed by atoms with Gasteiger partial charge >= 0.3 is 17.7 Å². The van der Waals surface area contributed by atoms with Crippen molar-refractivity contribution in [2.75, 3.05) is 16.3 Å². The molecule has 12 heteroatoms. The van der Waals surface area contributed by atoms with Gasteiger partial charge in [-0.3, -0.25) is 4.90 Å². The zero-order valence-corrected chi connectivity index (χ0v) is 20.0. The summed E-state index contributed by atoms with van der Waals surface area (Å²) in [5.41, 5.74) is -0.570. The summed E-state index contributed by atoms with van der Waals surface area (Å²) in [6, 6.07) is 8.47. The van der Waals surface area contributed by atoms with Gasteiger partial charge in [0.1, 0.15) is 11.7 Å². The molecule has 0 spiro atoms.